The second kappa shape index (κ2) is 10.7. The zero-order chi connectivity index (χ0) is 14.7. The van der Waals surface area contributed by atoms with Crippen molar-refractivity contribution in [2.45, 2.75) is 97.6 Å². The van der Waals surface area contributed by atoms with Gasteiger partial charge in [0, 0.05) is 13.2 Å². The molecule has 0 rings (SSSR count). The van der Waals surface area contributed by atoms with E-state index in [1.54, 1.807) is 7.11 Å². The van der Waals surface area contributed by atoms with Crippen LogP contribution in [-0.4, -0.2) is 19.3 Å². The molecule has 0 saturated carbocycles. The molecule has 0 fully saturated rings. The van der Waals surface area contributed by atoms with Crippen molar-refractivity contribution in [3.8, 4) is 0 Å². The van der Waals surface area contributed by atoms with Gasteiger partial charge in [0.05, 0.1) is 6.10 Å². The minimum Gasteiger partial charge on any atom is -0.379 e. The molecule has 2 unspecified atom stereocenters. The lowest BCUT2D eigenvalue weighted by molar-refractivity contribution is -0.00408. The van der Waals surface area contributed by atoms with E-state index in [-0.39, 0.29) is 17.6 Å². The predicted molar refractivity (Wildman–Crippen MR) is 85.5 cm³/mol. The van der Waals surface area contributed by atoms with E-state index in [2.05, 4.69) is 27.7 Å². The molecule has 2 heteroatoms. The average Bonchev–Trinajstić information content (AvgIpc) is 2.31. The van der Waals surface area contributed by atoms with Crippen LogP contribution in [0, 0.1) is 5.41 Å². The number of ether oxygens (including phenoxy) is 1. The van der Waals surface area contributed by atoms with Crippen LogP contribution in [0.15, 0.2) is 0 Å². The van der Waals surface area contributed by atoms with E-state index in [9.17, 15) is 0 Å². The molecule has 0 saturated heterocycles. The Balaban J connectivity index is 3.60. The zero-order valence-corrected chi connectivity index (χ0v) is 14.0. The van der Waals surface area contributed by atoms with Crippen LogP contribution in [0.2, 0.25) is 0 Å². The van der Waals surface area contributed by atoms with Gasteiger partial charge in [0.15, 0.2) is 0 Å². The zero-order valence-electron chi connectivity index (χ0n) is 14.0. The first-order valence-electron chi connectivity index (χ1n) is 8.21. The van der Waals surface area contributed by atoms with Crippen molar-refractivity contribution in [3.05, 3.63) is 0 Å². The lowest BCUT2D eigenvalue weighted by Crippen LogP contribution is -2.44. The summed E-state index contributed by atoms with van der Waals surface area (Å²) >= 11 is 0. The quantitative estimate of drug-likeness (QED) is 0.542. The predicted octanol–water partition coefficient (Wildman–Crippen LogP) is 4.91. The maximum atomic E-state index is 6.27. The Morgan fingerprint density at radius 3 is 1.79 bits per heavy atom. The minimum atomic E-state index is 0.133. The average molecular weight is 271 g/mol. The molecule has 0 spiro atoms. The van der Waals surface area contributed by atoms with E-state index in [1.165, 1.54) is 51.4 Å². The summed E-state index contributed by atoms with van der Waals surface area (Å²) in [5.41, 5.74) is 6.40. The molecule has 0 aromatic carbocycles. The number of methoxy groups -OCH3 is 1. The lowest BCUT2D eigenvalue weighted by Gasteiger charge is -2.34. The summed E-state index contributed by atoms with van der Waals surface area (Å²) in [7, 11) is 1.78. The summed E-state index contributed by atoms with van der Waals surface area (Å²) in [5, 5.41) is 0. The molecule has 2 atom stereocenters. The van der Waals surface area contributed by atoms with Gasteiger partial charge in [-0.1, -0.05) is 79.1 Å². The molecule has 116 valence electrons. The van der Waals surface area contributed by atoms with Crippen LogP contribution in [0.25, 0.3) is 0 Å². The molecular formula is C17H37NO. The van der Waals surface area contributed by atoms with Gasteiger partial charge < -0.3 is 10.5 Å². The Kier molecular flexibility index (Phi) is 10.6. The molecule has 2 nitrogen and oxygen atoms in total. The summed E-state index contributed by atoms with van der Waals surface area (Å²) in [4.78, 5) is 0. The molecule has 19 heavy (non-hydrogen) atoms. The molecule has 0 amide bonds. The monoisotopic (exact) mass is 271 g/mol. The summed E-state index contributed by atoms with van der Waals surface area (Å²) in [6.45, 7) is 8.88. The number of nitrogens with two attached hydrogens (primary N) is 1. The van der Waals surface area contributed by atoms with Crippen LogP contribution in [0.4, 0.5) is 0 Å². The molecule has 0 aliphatic heterocycles. The van der Waals surface area contributed by atoms with E-state index < -0.39 is 0 Å². The smallest absolute Gasteiger partial charge is 0.0770 e. The van der Waals surface area contributed by atoms with Gasteiger partial charge in [0.1, 0.15) is 0 Å². The fourth-order valence-electron chi connectivity index (χ4n) is 2.84. The Morgan fingerprint density at radius 2 is 1.37 bits per heavy atom. The maximum Gasteiger partial charge on any atom is 0.0770 e. The molecule has 0 aromatic rings. The van der Waals surface area contributed by atoms with E-state index >= 15 is 0 Å². The third kappa shape index (κ3) is 9.45. The normalized spacial score (nSPS) is 15.5. The van der Waals surface area contributed by atoms with Gasteiger partial charge in [-0.05, 0) is 11.8 Å². The van der Waals surface area contributed by atoms with Crippen LogP contribution in [0.3, 0.4) is 0 Å². The van der Waals surface area contributed by atoms with Crippen LogP contribution < -0.4 is 5.73 Å². The Morgan fingerprint density at radius 1 is 0.895 bits per heavy atom. The SMILES string of the molecule is CCCCCCCCCCC(N)C(OC)C(C)(C)C. The van der Waals surface area contributed by atoms with Crippen molar-refractivity contribution in [1.29, 1.82) is 0 Å². The van der Waals surface area contributed by atoms with Crippen LogP contribution in [0.1, 0.15) is 85.5 Å². The van der Waals surface area contributed by atoms with Crippen molar-refractivity contribution in [2.75, 3.05) is 7.11 Å². The van der Waals surface area contributed by atoms with E-state index in [0.29, 0.717) is 0 Å². The first-order valence-corrected chi connectivity index (χ1v) is 8.21. The Hall–Kier alpha value is -0.0800. The largest absolute Gasteiger partial charge is 0.379 e. The van der Waals surface area contributed by atoms with E-state index in [4.69, 9.17) is 10.5 Å². The molecule has 0 aliphatic carbocycles. The third-order valence-electron chi connectivity index (χ3n) is 3.89. The fourth-order valence-corrected chi connectivity index (χ4v) is 2.84. The van der Waals surface area contributed by atoms with Crippen molar-refractivity contribution in [2.24, 2.45) is 11.1 Å². The lowest BCUT2D eigenvalue weighted by atomic mass is 9.83. The Labute approximate surface area is 121 Å². The molecule has 0 bridgehead atoms. The molecule has 2 N–H and O–H groups in total. The van der Waals surface area contributed by atoms with Crippen molar-refractivity contribution < 1.29 is 4.74 Å². The number of hydrogen-bond donors (Lipinski definition) is 1. The maximum absolute atomic E-state index is 6.27. The highest BCUT2D eigenvalue weighted by Crippen LogP contribution is 2.25. The highest BCUT2D eigenvalue weighted by atomic mass is 16.5. The van der Waals surface area contributed by atoms with Crippen LogP contribution in [0.5, 0.6) is 0 Å². The van der Waals surface area contributed by atoms with Gasteiger partial charge in [-0.15, -0.1) is 0 Å². The van der Waals surface area contributed by atoms with Gasteiger partial charge in [-0.3, -0.25) is 0 Å². The van der Waals surface area contributed by atoms with Crippen molar-refractivity contribution in [1.82, 2.24) is 0 Å². The molecule has 0 heterocycles. The minimum absolute atomic E-state index is 0.133. The second-order valence-electron chi connectivity index (χ2n) is 6.95. The van der Waals surface area contributed by atoms with Gasteiger partial charge in [0.2, 0.25) is 0 Å². The van der Waals surface area contributed by atoms with Crippen LogP contribution in [-0.2, 0) is 4.74 Å². The van der Waals surface area contributed by atoms with Gasteiger partial charge in [-0.2, -0.15) is 0 Å². The second-order valence-corrected chi connectivity index (χ2v) is 6.95. The van der Waals surface area contributed by atoms with Gasteiger partial charge >= 0.3 is 0 Å². The van der Waals surface area contributed by atoms with E-state index in [0.717, 1.165) is 6.42 Å². The molecular weight excluding hydrogens is 234 g/mol. The summed E-state index contributed by atoms with van der Waals surface area (Å²) < 4.78 is 5.57. The van der Waals surface area contributed by atoms with Crippen molar-refractivity contribution in [3.63, 3.8) is 0 Å². The first-order chi connectivity index (χ1) is 8.93. The molecule has 0 radical (unpaired) electrons. The summed E-state index contributed by atoms with van der Waals surface area (Å²) in [6.07, 6.45) is 12.1. The standard InChI is InChI=1S/C17H37NO/c1-6-7-8-9-10-11-12-13-14-15(18)16(19-5)17(2,3)4/h15-16H,6-14,18H2,1-5H3. The van der Waals surface area contributed by atoms with Crippen LogP contribution >= 0.6 is 0 Å². The third-order valence-corrected chi connectivity index (χ3v) is 3.89. The number of hydrogen-bond acceptors (Lipinski definition) is 2. The topological polar surface area (TPSA) is 35.2 Å². The number of unbranched alkanes of at least 4 members (excludes halogenated alkanes) is 7. The van der Waals surface area contributed by atoms with E-state index in [1.807, 2.05) is 0 Å². The van der Waals surface area contributed by atoms with Gasteiger partial charge in [-0.25, -0.2) is 0 Å². The highest BCUT2D eigenvalue weighted by Gasteiger charge is 2.29. The first kappa shape index (κ1) is 18.9. The Bertz CT molecular complexity index is 198. The number of rotatable bonds is 11. The summed E-state index contributed by atoms with van der Waals surface area (Å²) in [5.74, 6) is 0. The summed E-state index contributed by atoms with van der Waals surface area (Å²) in [6, 6.07) is 0.171. The fraction of sp³-hybridized carbons (Fsp3) is 1.00. The van der Waals surface area contributed by atoms with Crippen molar-refractivity contribution >= 4 is 0 Å². The van der Waals surface area contributed by atoms with Gasteiger partial charge in [0.25, 0.3) is 0 Å². The molecule has 0 aliphatic rings. The molecule has 0 aromatic heterocycles. The highest BCUT2D eigenvalue weighted by molar-refractivity contribution is 4.83.